The summed E-state index contributed by atoms with van der Waals surface area (Å²) in [6.07, 6.45) is 1.01. The molecule has 0 radical (unpaired) electrons. The molecule has 0 bridgehead atoms. The molecule has 0 saturated carbocycles. The van der Waals surface area contributed by atoms with Gasteiger partial charge in [0.15, 0.2) is 0 Å². The predicted molar refractivity (Wildman–Crippen MR) is 35.7 cm³/mol. The Balaban J connectivity index is 2.30. The number of aromatic nitrogens is 2. The minimum Gasteiger partial charge on any atom is -0.476 e. The lowest BCUT2D eigenvalue weighted by Crippen LogP contribution is -1.94. The summed E-state index contributed by atoms with van der Waals surface area (Å²) >= 11 is 1.30. The van der Waals surface area contributed by atoms with Crippen molar-refractivity contribution < 1.29 is 4.74 Å². The fourth-order valence-electron chi connectivity index (χ4n) is 0.426. The van der Waals surface area contributed by atoms with Crippen molar-refractivity contribution in [1.29, 1.82) is 0 Å². The molecule has 50 valence electrons. The first kappa shape index (κ1) is 6.48. The van der Waals surface area contributed by atoms with Crippen LogP contribution in [0.15, 0.2) is 5.38 Å². The predicted octanol–water partition coefficient (Wildman–Crippen LogP) is 1.33. The highest BCUT2D eigenvalue weighted by Gasteiger charge is 1.92. The van der Waals surface area contributed by atoms with Crippen molar-refractivity contribution in [3.63, 3.8) is 0 Å². The zero-order chi connectivity index (χ0) is 6.53. The maximum Gasteiger partial charge on any atom is 0.246 e. The summed E-state index contributed by atoms with van der Waals surface area (Å²) in [5.74, 6) is 0.641. The molecule has 0 N–H and O–H groups in total. The molecule has 0 spiro atoms. The van der Waals surface area contributed by atoms with Crippen LogP contribution in [0, 0.1) is 0 Å². The lowest BCUT2D eigenvalue weighted by Gasteiger charge is -1.95. The second-order valence-electron chi connectivity index (χ2n) is 1.59. The molecule has 0 unspecified atom stereocenters. The SMILES string of the molecule is CCCOc1csnn1. The third-order valence-corrected chi connectivity index (χ3v) is 1.28. The van der Waals surface area contributed by atoms with Crippen LogP contribution in [0.25, 0.3) is 0 Å². The Hall–Kier alpha value is -0.640. The molecule has 0 aliphatic carbocycles. The summed E-state index contributed by atoms with van der Waals surface area (Å²) in [7, 11) is 0. The Kier molecular flexibility index (Phi) is 2.45. The van der Waals surface area contributed by atoms with E-state index in [-0.39, 0.29) is 0 Å². The molecule has 1 aromatic heterocycles. The first-order valence-corrected chi connectivity index (χ1v) is 3.67. The van der Waals surface area contributed by atoms with Crippen LogP contribution in [0.3, 0.4) is 0 Å². The van der Waals surface area contributed by atoms with E-state index in [0.29, 0.717) is 5.88 Å². The van der Waals surface area contributed by atoms with Crippen LogP contribution in [0.4, 0.5) is 0 Å². The smallest absolute Gasteiger partial charge is 0.246 e. The van der Waals surface area contributed by atoms with Gasteiger partial charge in [0.25, 0.3) is 0 Å². The molecule has 0 fully saturated rings. The summed E-state index contributed by atoms with van der Waals surface area (Å²) in [5.41, 5.74) is 0. The van der Waals surface area contributed by atoms with Crippen molar-refractivity contribution >= 4 is 11.5 Å². The lowest BCUT2D eigenvalue weighted by molar-refractivity contribution is 0.305. The van der Waals surface area contributed by atoms with Gasteiger partial charge in [-0.3, -0.25) is 0 Å². The van der Waals surface area contributed by atoms with Gasteiger partial charge in [0.1, 0.15) is 0 Å². The highest BCUT2D eigenvalue weighted by atomic mass is 32.1. The summed E-state index contributed by atoms with van der Waals surface area (Å²) in [6, 6.07) is 0. The molecule has 3 nitrogen and oxygen atoms in total. The molecule has 0 aliphatic rings. The van der Waals surface area contributed by atoms with E-state index in [1.165, 1.54) is 11.5 Å². The van der Waals surface area contributed by atoms with E-state index in [0.717, 1.165) is 13.0 Å². The van der Waals surface area contributed by atoms with E-state index in [4.69, 9.17) is 4.74 Å². The topological polar surface area (TPSA) is 35.0 Å². The zero-order valence-electron chi connectivity index (χ0n) is 5.20. The fraction of sp³-hybridized carbons (Fsp3) is 0.600. The number of hydrogen-bond acceptors (Lipinski definition) is 4. The van der Waals surface area contributed by atoms with Crippen molar-refractivity contribution in [2.45, 2.75) is 13.3 Å². The van der Waals surface area contributed by atoms with Crippen LogP contribution >= 0.6 is 11.5 Å². The largest absolute Gasteiger partial charge is 0.476 e. The average molecular weight is 144 g/mol. The van der Waals surface area contributed by atoms with Gasteiger partial charge in [-0.05, 0) is 18.0 Å². The fourth-order valence-corrected chi connectivity index (χ4v) is 0.806. The van der Waals surface area contributed by atoms with E-state index in [9.17, 15) is 0 Å². The molecule has 0 amide bonds. The van der Waals surface area contributed by atoms with Crippen molar-refractivity contribution in [1.82, 2.24) is 9.59 Å². The number of rotatable bonds is 3. The molecule has 0 atom stereocenters. The number of ether oxygens (including phenoxy) is 1. The molecule has 0 aliphatic heterocycles. The molecule has 1 aromatic rings. The Morgan fingerprint density at radius 2 is 2.67 bits per heavy atom. The highest BCUT2D eigenvalue weighted by molar-refractivity contribution is 7.03. The van der Waals surface area contributed by atoms with Crippen molar-refractivity contribution in [3.8, 4) is 5.88 Å². The van der Waals surface area contributed by atoms with E-state index in [1.807, 2.05) is 0 Å². The van der Waals surface area contributed by atoms with E-state index < -0.39 is 0 Å². The van der Waals surface area contributed by atoms with Crippen LogP contribution < -0.4 is 4.74 Å². The van der Waals surface area contributed by atoms with Crippen LogP contribution in [-0.2, 0) is 0 Å². The average Bonchev–Trinajstić information content (AvgIpc) is 2.34. The first-order valence-electron chi connectivity index (χ1n) is 2.83. The maximum atomic E-state index is 5.13. The monoisotopic (exact) mass is 144 g/mol. The van der Waals surface area contributed by atoms with Gasteiger partial charge in [-0.15, -0.1) is 0 Å². The molecular weight excluding hydrogens is 136 g/mol. The second kappa shape index (κ2) is 3.40. The van der Waals surface area contributed by atoms with Crippen LogP contribution in [0.2, 0.25) is 0 Å². The van der Waals surface area contributed by atoms with Crippen molar-refractivity contribution in [3.05, 3.63) is 5.38 Å². The number of nitrogens with zero attached hydrogens (tertiary/aromatic N) is 2. The maximum absolute atomic E-state index is 5.13. The van der Waals surface area contributed by atoms with Crippen LogP contribution in [0.5, 0.6) is 5.88 Å². The minimum absolute atomic E-state index is 0.641. The summed E-state index contributed by atoms with van der Waals surface area (Å²) in [6.45, 7) is 2.78. The van der Waals surface area contributed by atoms with E-state index in [2.05, 4.69) is 16.5 Å². The van der Waals surface area contributed by atoms with Gasteiger partial charge < -0.3 is 4.74 Å². The van der Waals surface area contributed by atoms with Gasteiger partial charge in [0, 0.05) is 0 Å². The molecular formula is C5H8N2OS. The van der Waals surface area contributed by atoms with Crippen molar-refractivity contribution in [2.75, 3.05) is 6.61 Å². The van der Waals surface area contributed by atoms with Gasteiger partial charge in [-0.1, -0.05) is 16.5 Å². The second-order valence-corrected chi connectivity index (χ2v) is 2.20. The molecule has 0 saturated heterocycles. The Morgan fingerprint density at radius 3 is 3.22 bits per heavy atom. The van der Waals surface area contributed by atoms with Gasteiger partial charge in [-0.2, -0.15) is 0 Å². The number of hydrogen-bond donors (Lipinski definition) is 0. The molecule has 0 aromatic carbocycles. The zero-order valence-corrected chi connectivity index (χ0v) is 6.02. The summed E-state index contributed by atoms with van der Waals surface area (Å²) in [5, 5.41) is 5.49. The van der Waals surface area contributed by atoms with Crippen LogP contribution in [-0.4, -0.2) is 16.2 Å². The van der Waals surface area contributed by atoms with Gasteiger partial charge >= 0.3 is 0 Å². The Morgan fingerprint density at radius 1 is 1.78 bits per heavy atom. The lowest BCUT2D eigenvalue weighted by atomic mass is 10.5. The summed E-state index contributed by atoms with van der Waals surface area (Å²) < 4.78 is 8.77. The molecule has 9 heavy (non-hydrogen) atoms. The molecule has 1 heterocycles. The normalized spacial score (nSPS) is 9.44. The molecule has 4 heteroatoms. The highest BCUT2D eigenvalue weighted by Crippen LogP contribution is 2.05. The van der Waals surface area contributed by atoms with E-state index >= 15 is 0 Å². The Labute approximate surface area is 57.8 Å². The van der Waals surface area contributed by atoms with Crippen LogP contribution in [0.1, 0.15) is 13.3 Å². The summed E-state index contributed by atoms with van der Waals surface area (Å²) in [4.78, 5) is 0. The first-order chi connectivity index (χ1) is 4.43. The third kappa shape index (κ3) is 1.97. The van der Waals surface area contributed by atoms with Gasteiger partial charge in [0.2, 0.25) is 5.88 Å². The minimum atomic E-state index is 0.641. The van der Waals surface area contributed by atoms with Gasteiger partial charge in [0.05, 0.1) is 12.0 Å². The van der Waals surface area contributed by atoms with Crippen molar-refractivity contribution in [2.24, 2.45) is 0 Å². The van der Waals surface area contributed by atoms with E-state index in [1.54, 1.807) is 5.38 Å². The quantitative estimate of drug-likeness (QED) is 0.641. The molecule has 1 rings (SSSR count). The van der Waals surface area contributed by atoms with Gasteiger partial charge in [-0.25, -0.2) is 0 Å². The third-order valence-electron chi connectivity index (χ3n) is 0.794. The standard InChI is InChI=1S/C5H8N2OS/c1-2-3-8-5-4-9-7-6-5/h4H,2-3H2,1H3. The Bertz CT molecular complexity index is 152.